The van der Waals surface area contributed by atoms with E-state index in [4.69, 9.17) is 23.0 Å². The number of fused-ring (bicyclic) bond motifs is 1. The fourth-order valence-electron chi connectivity index (χ4n) is 1.76. The molecule has 170 valence electrons. The summed E-state index contributed by atoms with van der Waals surface area (Å²) in [7, 11) is 0. The Balaban J connectivity index is -0.000000193. The molecule has 3 rings (SSSR count). The number of allylic oxidation sites excluding steroid dienone is 2. The second-order valence-corrected chi connectivity index (χ2v) is 6.20. The summed E-state index contributed by atoms with van der Waals surface area (Å²) in [4.78, 5) is 5.36. The summed E-state index contributed by atoms with van der Waals surface area (Å²) < 4.78 is 9.94. The Morgan fingerprint density at radius 2 is 1.74 bits per heavy atom. The molecule has 1 aromatic carbocycles. The van der Waals surface area contributed by atoms with Crippen LogP contribution in [-0.2, 0) is 19.8 Å². The van der Waals surface area contributed by atoms with Gasteiger partial charge in [0.25, 0.3) is 0 Å². The van der Waals surface area contributed by atoms with E-state index in [1.54, 1.807) is 24.3 Å². The average Bonchev–Trinajstić information content (AvgIpc) is 3.25. The van der Waals surface area contributed by atoms with Crippen molar-refractivity contribution in [3.63, 3.8) is 0 Å². The summed E-state index contributed by atoms with van der Waals surface area (Å²) in [5.74, 6) is 0.532. The summed E-state index contributed by atoms with van der Waals surface area (Å²) >= 11 is 7.43. The van der Waals surface area contributed by atoms with Crippen molar-refractivity contribution in [1.82, 2.24) is 4.98 Å². The summed E-state index contributed by atoms with van der Waals surface area (Å²) in [6, 6.07) is 15.3. The Kier molecular flexibility index (Phi) is 32.7. The molecule has 0 radical (unpaired) electrons. The first-order valence-electron chi connectivity index (χ1n) is 8.87. The molecular weight excluding hydrogens is 520 g/mol. The van der Waals surface area contributed by atoms with Crippen LogP contribution in [0.4, 0.5) is 0 Å². The molecule has 0 atom stereocenters. The fourth-order valence-corrected chi connectivity index (χ4v) is 1.90. The van der Waals surface area contributed by atoms with Crippen LogP contribution in [-0.4, -0.2) is 34.2 Å². The number of hydrogen-bond donors (Lipinski definition) is 0. The monoisotopic (exact) mass is 541 g/mol. The van der Waals surface area contributed by atoms with Gasteiger partial charge in [0.05, 0.1) is 0 Å². The minimum absolute atomic E-state index is 0. The first-order chi connectivity index (χ1) is 15.0. The number of alkyl halides is 1. The van der Waals surface area contributed by atoms with Gasteiger partial charge >= 0.3 is 139 Å². The van der Waals surface area contributed by atoms with Gasteiger partial charge in [-0.2, -0.15) is 0 Å². The molecule has 2 heterocycles. The maximum absolute atomic E-state index is 9.07. The first kappa shape index (κ1) is 40.8. The SMILES string of the molecule is [CH-]=C([CH]=[Ni])c1cc2n[c-]c[c-]c2o1.[CH-]=CC(=[N-])c1ccccc1.[CH2-]CBr.[CH2-]COC[CH2-].[Li+].[Li+].[Li+]. The molecule has 0 saturated heterocycles. The fraction of sp³-hybridized carbons (Fsp3) is 0.120. The molecule has 0 N–H and O–H groups in total. The summed E-state index contributed by atoms with van der Waals surface area (Å²) in [5, 5.41) is 9.88. The van der Waals surface area contributed by atoms with Gasteiger partial charge < -0.3 is 36.6 Å². The topological polar surface area (TPSA) is 57.6 Å². The first-order valence-corrected chi connectivity index (χ1v) is 10.6. The zero-order valence-electron chi connectivity index (χ0n) is 20.0. The number of hydrogen-bond acceptors (Lipinski definition) is 3. The third-order valence-electron chi connectivity index (χ3n) is 3.06. The second kappa shape index (κ2) is 27.2. The van der Waals surface area contributed by atoms with Crippen molar-refractivity contribution < 1.29 is 80.8 Å². The van der Waals surface area contributed by atoms with Crippen molar-refractivity contribution in [2.24, 2.45) is 0 Å². The van der Waals surface area contributed by atoms with Crippen LogP contribution in [0.5, 0.6) is 0 Å². The Morgan fingerprint density at radius 1 is 1.18 bits per heavy atom. The molecule has 0 unspecified atom stereocenters. The zero-order valence-corrected chi connectivity index (χ0v) is 22.6. The van der Waals surface area contributed by atoms with E-state index in [1.807, 2.05) is 18.2 Å². The Hall–Kier alpha value is -0.344. The summed E-state index contributed by atoms with van der Waals surface area (Å²) in [5.41, 5.74) is 2.54. The zero-order chi connectivity index (χ0) is 23.5. The van der Waals surface area contributed by atoms with Crippen LogP contribution in [0, 0.1) is 46.2 Å². The summed E-state index contributed by atoms with van der Waals surface area (Å²) in [6.07, 6.45) is 3.83. The molecule has 0 amide bonds. The third-order valence-corrected chi connectivity index (χ3v) is 3.37. The van der Waals surface area contributed by atoms with Crippen molar-refractivity contribution in [1.29, 1.82) is 0 Å². The van der Waals surface area contributed by atoms with Crippen LogP contribution >= 0.6 is 15.9 Å². The predicted octanol–water partition coefficient (Wildman–Crippen LogP) is -3.47. The molecule has 0 bridgehead atoms. The molecule has 0 spiro atoms. The van der Waals surface area contributed by atoms with E-state index in [1.165, 1.54) is 11.1 Å². The molecule has 0 aliphatic carbocycles. The molecule has 9 heteroatoms. The third kappa shape index (κ3) is 18.0. The van der Waals surface area contributed by atoms with Crippen LogP contribution in [0.1, 0.15) is 11.3 Å². The van der Waals surface area contributed by atoms with Gasteiger partial charge in [0, 0.05) is 0 Å². The van der Waals surface area contributed by atoms with E-state index >= 15 is 0 Å². The summed E-state index contributed by atoms with van der Waals surface area (Å²) in [6.45, 7) is 22.0. The molecule has 0 saturated carbocycles. The minimum atomic E-state index is 0. The van der Waals surface area contributed by atoms with Crippen molar-refractivity contribution in [2.75, 3.05) is 18.5 Å². The number of ether oxygens (including phenoxy) is 1. The van der Waals surface area contributed by atoms with Gasteiger partial charge in [0.2, 0.25) is 0 Å². The van der Waals surface area contributed by atoms with Gasteiger partial charge in [-0.3, -0.25) is 12.7 Å². The molecule has 34 heavy (non-hydrogen) atoms. The number of benzene rings is 1. The average molecular weight is 543 g/mol. The van der Waals surface area contributed by atoms with Gasteiger partial charge in [0.15, 0.2) is 0 Å². The smallest absolute Gasteiger partial charge is 0.904 e. The number of pyridine rings is 1. The largest absolute Gasteiger partial charge is 1.00 e. The normalized spacial score (nSPS) is 8.29. The standard InChI is InChI=1S/C10H4NO.C9H7N.C4H8O.C2H4Br.3Li.Ni/c1-7(2)10-6-8-9(12-10)4-3-5-11-8;1-2-9(10)8-6-4-3-5-7-8;1-3-5-4-2;1-2-3;;;;/h1-3,6H;1-7H;1-4H2;1-2H2;;;;/q-3;2*-2;-1;3*+1;. The number of aromatic nitrogens is 1. The predicted molar refractivity (Wildman–Crippen MR) is 129 cm³/mol. The van der Waals surface area contributed by atoms with Gasteiger partial charge in [-0.05, 0) is 0 Å². The molecule has 0 aliphatic rings. The Bertz CT molecular complexity index is 903. The van der Waals surface area contributed by atoms with Crippen LogP contribution in [0.2, 0.25) is 0 Å². The van der Waals surface area contributed by atoms with Crippen LogP contribution in [0.15, 0.2) is 53.0 Å². The van der Waals surface area contributed by atoms with E-state index in [0.717, 1.165) is 10.9 Å². The van der Waals surface area contributed by atoms with Crippen molar-refractivity contribution >= 4 is 43.3 Å². The van der Waals surface area contributed by atoms with Crippen LogP contribution in [0.3, 0.4) is 0 Å². The number of halogens is 1. The molecule has 2 aromatic heterocycles. The maximum atomic E-state index is 9.07. The minimum Gasteiger partial charge on any atom is -0.904 e. The molecular formula is C25H23BrLi3N2NiO2-5. The number of furan rings is 1. The van der Waals surface area contributed by atoms with Gasteiger partial charge in [-0.1, -0.05) is 43.5 Å². The van der Waals surface area contributed by atoms with Crippen LogP contribution < -0.4 is 56.6 Å². The number of nitrogens with zero attached hydrogens (tertiary/aromatic N) is 2. The van der Waals surface area contributed by atoms with E-state index in [9.17, 15) is 0 Å². The Morgan fingerprint density at radius 3 is 2.15 bits per heavy atom. The van der Waals surface area contributed by atoms with E-state index < -0.39 is 0 Å². The van der Waals surface area contributed by atoms with E-state index in [2.05, 4.69) is 73.7 Å². The maximum Gasteiger partial charge on any atom is 1.00 e. The second-order valence-electron chi connectivity index (χ2n) is 5.12. The molecule has 3 aromatic rings. The number of rotatable bonds is 6. The molecule has 0 fully saturated rings. The molecule has 4 nitrogen and oxygen atoms in total. The van der Waals surface area contributed by atoms with Gasteiger partial charge in [0.1, 0.15) is 0 Å². The molecule has 0 aliphatic heterocycles. The van der Waals surface area contributed by atoms with Crippen molar-refractivity contribution in [3.8, 4) is 0 Å². The van der Waals surface area contributed by atoms with E-state index in [0.29, 0.717) is 35.6 Å². The van der Waals surface area contributed by atoms with Crippen molar-refractivity contribution in [3.05, 3.63) is 111 Å². The van der Waals surface area contributed by atoms with Crippen LogP contribution in [0.25, 0.3) is 22.1 Å². The Labute approximate surface area is 256 Å². The van der Waals surface area contributed by atoms with Crippen molar-refractivity contribution in [2.45, 2.75) is 0 Å². The van der Waals surface area contributed by atoms with Gasteiger partial charge in [-0.25, -0.2) is 0 Å². The quantitative estimate of drug-likeness (QED) is 0.141. The van der Waals surface area contributed by atoms with Gasteiger partial charge in [-0.15, -0.1) is 26.8 Å². The van der Waals surface area contributed by atoms with E-state index in [-0.39, 0.29) is 62.3 Å².